The lowest BCUT2D eigenvalue weighted by Gasteiger charge is -2.11. The molecule has 2 aromatic rings. The van der Waals surface area contributed by atoms with Crippen LogP contribution >= 0.6 is 11.5 Å². The Bertz CT molecular complexity index is 714. The minimum Gasteiger partial charge on any atom is -0.347 e. The van der Waals surface area contributed by atoms with Gasteiger partial charge in [0, 0.05) is 18.2 Å². The van der Waals surface area contributed by atoms with Gasteiger partial charge in [0.05, 0.1) is 5.69 Å². The molecule has 0 aliphatic rings. The first-order chi connectivity index (χ1) is 11.5. The van der Waals surface area contributed by atoms with Gasteiger partial charge in [-0.2, -0.15) is 0 Å². The number of rotatable bonds is 7. The molecule has 6 nitrogen and oxygen atoms in total. The van der Waals surface area contributed by atoms with Crippen molar-refractivity contribution >= 4 is 29.0 Å². The molecule has 0 saturated heterocycles. The third kappa shape index (κ3) is 4.61. The minimum absolute atomic E-state index is 0.00186. The van der Waals surface area contributed by atoms with E-state index >= 15 is 0 Å². The van der Waals surface area contributed by atoms with Crippen LogP contribution in [0.3, 0.4) is 0 Å². The lowest BCUT2D eigenvalue weighted by atomic mass is 10.1. The number of carbonyl (C=O) groups is 2. The van der Waals surface area contributed by atoms with Crippen molar-refractivity contribution in [2.24, 2.45) is 5.92 Å². The normalized spacial score (nSPS) is 11.8. The van der Waals surface area contributed by atoms with Gasteiger partial charge >= 0.3 is 0 Å². The zero-order valence-electron chi connectivity index (χ0n) is 14.1. The monoisotopic (exact) mass is 346 g/mol. The molecule has 24 heavy (non-hydrogen) atoms. The van der Waals surface area contributed by atoms with Crippen molar-refractivity contribution < 1.29 is 9.59 Å². The van der Waals surface area contributed by atoms with E-state index in [1.54, 1.807) is 0 Å². The molecule has 1 atom stereocenters. The number of carbonyl (C=O) groups excluding carboxylic acids is 2. The molecule has 1 aromatic carbocycles. The molecule has 0 bridgehead atoms. The highest BCUT2D eigenvalue weighted by atomic mass is 32.1. The molecule has 0 spiro atoms. The lowest BCUT2D eigenvalue weighted by Crippen LogP contribution is -2.23. The van der Waals surface area contributed by atoms with Crippen molar-refractivity contribution in [1.82, 2.24) is 14.9 Å². The maximum atomic E-state index is 12.2. The molecule has 0 aliphatic heterocycles. The molecular formula is C17H22N4O2S. The highest BCUT2D eigenvalue weighted by Gasteiger charge is 2.15. The van der Waals surface area contributed by atoms with Crippen molar-refractivity contribution in [1.29, 1.82) is 0 Å². The predicted molar refractivity (Wildman–Crippen MR) is 95.0 cm³/mol. The minimum atomic E-state index is -0.170. The van der Waals surface area contributed by atoms with Crippen LogP contribution in [0.25, 0.3) is 0 Å². The number of aromatic nitrogens is 2. The van der Waals surface area contributed by atoms with E-state index in [4.69, 9.17) is 0 Å². The van der Waals surface area contributed by atoms with E-state index in [-0.39, 0.29) is 17.7 Å². The predicted octanol–water partition coefficient (Wildman–Crippen LogP) is 3.02. The van der Waals surface area contributed by atoms with Crippen LogP contribution in [0.15, 0.2) is 24.3 Å². The summed E-state index contributed by atoms with van der Waals surface area (Å²) in [5.41, 5.74) is 2.37. The van der Waals surface area contributed by atoms with Crippen molar-refractivity contribution in [3.05, 3.63) is 40.4 Å². The van der Waals surface area contributed by atoms with Crippen LogP contribution in [-0.4, -0.2) is 21.4 Å². The molecule has 0 fully saturated rings. The van der Waals surface area contributed by atoms with Crippen LogP contribution in [-0.2, 0) is 17.8 Å². The number of amides is 2. The van der Waals surface area contributed by atoms with Crippen LogP contribution in [0.1, 0.15) is 48.1 Å². The summed E-state index contributed by atoms with van der Waals surface area (Å²) in [6, 6.07) is 7.48. The fourth-order valence-electron chi connectivity index (χ4n) is 2.08. The molecule has 1 aromatic heterocycles. The van der Waals surface area contributed by atoms with Crippen LogP contribution in [0.5, 0.6) is 0 Å². The van der Waals surface area contributed by atoms with E-state index in [1.165, 1.54) is 0 Å². The van der Waals surface area contributed by atoms with Gasteiger partial charge < -0.3 is 10.6 Å². The summed E-state index contributed by atoms with van der Waals surface area (Å²) in [6.07, 6.45) is 1.47. The molecule has 7 heteroatoms. The lowest BCUT2D eigenvalue weighted by molar-refractivity contribution is -0.119. The van der Waals surface area contributed by atoms with E-state index in [9.17, 15) is 9.59 Å². The fourth-order valence-corrected chi connectivity index (χ4v) is 2.75. The van der Waals surface area contributed by atoms with Gasteiger partial charge in [-0.15, -0.1) is 5.10 Å². The van der Waals surface area contributed by atoms with Gasteiger partial charge in [-0.1, -0.05) is 37.4 Å². The van der Waals surface area contributed by atoms with E-state index in [0.717, 1.165) is 29.2 Å². The Kier molecular flexibility index (Phi) is 6.43. The molecule has 2 N–H and O–H groups in total. The number of aryl methyl sites for hydroxylation is 1. The standard InChI is InChI=1S/C17H22N4O2S/c1-4-11(3)16(22)19-13-8-6-7-12(9-13)10-18-17(23)15-14(5-2)20-21-24-15/h6-9,11H,4-5,10H2,1-3H3,(H,18,23)(H,19,22)/t11-/m0/s1. The maximum absolute atomic E-state index is 12.2. The first-order valence-electron chi connectivity index (χ1n) is 8.04. The third-order valence-corrected chi connectivity index (χ3v) is 4.57. The SMILES string of the molecule is CCc1nnsc1C(=O)NCc1cccc(NC(=O)[C@@H](C)CC)c1. The molecule has 0 radical (unpaired) electrons. The summed E-state index contributed by atoms with van der Waals surface area (Å²) in [5.74, 6) is -0.197. The number of nitrogens with one attached hydrogen (secondary N) is 2. The zero-order valence-corrected chi connectivity index (χ0v) is 14.9. The van der Waals surface area contributed by atoms with E-state index in [2.05, 4.69) is 20.2 Å². The van der Waals surface area contributed by atoms with Crippen LogP contribution in [0.4, 0.5) is 5.69 Å². The number of hydrogen-bond donors (Lipinski definition) is 2. The Balaban J connectivity index is 1.97. The summed E-state index contributed by atoms with van der Waals surface area (Å²) in [5, 5.41) is 9.71. The average Bonchev–Trinajstić information content (AvgIpc) is 3.08. The van der Waals surface area contributed by atoms with Crippen molar-refractivity contribution in [2.75, 3.05) is 5.32 Å². The van der Waals surface area contributed by atoms with Gasteiger partial charge in [-0.05, 0) is 42.1 Å². The molecule has 0 saturated carbocycles. The number of nitrogens with zero attached hydrogens (tertiary/aromatic N) is 2. The Morgan fingerprint density at radius 1 is 1.29 bits per heavy atom. The summed E-state index contributed by atoms with van der Waals surface area (Å²) in [4.78, 5) is 24.7. The Labute approximate surface area is 145 Å². The summed E-state index contributed by atoms with van der Waals surface area (Å²) in [7, 11) is 0. The maximum Gasteiger partial charge on any atom is 0.265 e. The third-order valence-electron chi connectivity index (χ3n) is 3.80. The topological polar surface area (TPSA) is 84.0 Å². The first kappa shape index (κ1) is 18.1. The molecule has 1 heterocycles. The Morgan fingerprint density at radius 3 is 2.79 bits per heavy atom. The quantitative estimate of drug-likeness (QED) is 0.807. The fraction of sp³-hybridized carbons (Fsp3) is 0.412. The summed E-state index contributed by atoms with van der Waals surface area (Å²) < 4.78 is 3.82. The second-order valence-corrected chi connectivity index (χ2v) is 6.34. The molecule has 128 valence electrons. The average molecular weight is 346 g/mol. The second kappa shape index (κ2) is 8.54. The van der Waals surface area contributed by atoms with Crippen molar-refractivity contribution in [3.63, 3.8) is 0 Å². The molecular weight excluding hydrogens is 324 g/mol. The summed E-state index contributed by atoms with van der Waals surface area (Å²) >= 11 is 1.10. The summed E-state index contributed by atoms with van der Waals surface area (Å²) in [6.45, 7) is 6.20. The highest BCUT2D eigenvalue weighted by Crippen LogP contribution is 2.14. The van der Waals surface area contributed by atoms with Gasteiger partial charge in [0.25, 0.3) is 5.91 Å². The van der Waals surface area contributed by atoms with Gasteiger partial charge in [-0.3, -0.25) is 9.59 Å². The highest BCUT2D eigenvalue weighted by molar-refractivity contribution is 7.08. The Morgan fingerprint density at radius 2 is 2.08 bits per heavy atom. The Hall–Kier alpha value is -2.28. The molecule has 2 amide bonds. The van der Waals surface area contributed by atoms with Gasteiger partial charge in [0.15, 0.2) is 0 Å². The first-order valence-corrected chi connectivity index (χ1v) is 8.81. The second-order valence-electron chi connectivity index (χ2n) is 5.58. The largest absolute Gasteiger partial charge is 0.347 e. The molecule has 0 aliphatic carbocycles. The number of anilines is 1. The van der Waals surface area contributed by atoms with E-state index < -0.39 is 0 Å². The van der Waals surface area contributed by atoms with Gasteiger partial charge in [-0.25, -0.2) is 0 Å². The van der Waals surface area contributed by atoms with E-state index in [0.29, 0.717) is 23.5 Å². The molecule has 0 unspecified atom stereocenters. The number of benzene rings is 1. The van der Waals surface area contributed by atoms with Crippen LogP contribution < -0.4 is 10.6 Å². The smallest absolute Gasteiger partial charge is 0.265 e. The van der Waals surface area contributed by atoms with Gasteiger partial charge in [0.2, 0.25) is 5.91 Å². The molecule has 2 rings (SSSR count). The van der Waals surface area contributed by atoms with Crippen molar-refractivity contribution in [3.8, 4) is 0 Å². The van der Waals surface area contributed by atoms with Gasteiger partial charge in [0.1, 0.15) is 4.88 Å². The van der Waals surface area contributed by atoms with E-state index in [1.807, 2.05) is 45.0 Å². The number of hydrogen-bond acceptors (Lipinski definition) is 5. The van der Waals surface area contributed by atoms with Crippen LogP contribution in [0, 0.1) is 5.92 Å². The van der Waals surface area contributed by atoms with Crippen molar-refractivity contribution in [2.45, 2.75) is 40.2 Å². The zero-order chi connectivity index (χ0) is 17.5. The van der Waals surface area contributed by atoms with Crippen LogP contribution in [0.2, 0.25) is 0 Å².